The van der Waals surface area contributed by atoms with E-state index in [9.17, 15) is 14.4 Å². The highest BCUT2D eigenvalue weighted by atomic mass is 28.4. The quantitative estimate of drug-likeness (QED) is 0.310. The number of carbonyl (C=O) groups is 3. The van der Waals surface area contributed by atoms with Crippen LogP contribution in [0.4, 0.5) is 0 Å². The lowest BCUT2D eigenvalue weighted by molar-refractivity contribution is -0.158. The number of ether oxygens (including phenoxy) is 2. The van der Waals surface area contributed by atoms with E-state index in [0.717, 1.165) is 0 Å². The van der Waals surface area contributed by atoms with Gasteiger partial charge in [0.15, 0.2) is 14.1 Å². The summed E-state index contributed by atoms with van der Waals surface area (Å²) in [6, 6.07) is 0. The van der Waals surface area contributed by atoms with Crippen molar-refractivity contribution in [2.45, 2.75) is 77.0 Å². The molecule has 6 nitrogen and oxygen atoms in total. The van der Waals surface area contributed by atoms with Crippen LogP contribution >= 0.6 is 0 Å². The van der Waals surface area contributed by atoms with Crippen molar-refractivity contribution >= 4 is 26.4 Å². The molecule has 0 aromatic heterocycles. The Hall–Kier alpha value is -1.31. The molecule has 1 aliphatic heterocycles. The van der Waals surface area contributed by atoms with Crippen LogP contribution in [-0.4, -0.2) is 51.8 Å². The maximum absolute atomic E-state index is 12.6. The van der Waals surface area contributed by atoms with Crippen molar-refractivity contribution in [3.8, 4) is 0 Å². The minimum Gasteiger partial charge on any atom is -0.466 e. The summed E-state index contributed by atoms with van der Waals surface area (Å²) < 4.78 is 16.7. The second-order valence-corrected chi connectivity index (χ2v) is 12.8. The van der Waals surface area contributed by atoms with Gasteiger partial charge in [0.25, 0.3) is 0 Å². The van der Waals surface area contributed by atoms with E-state index >= 15 is 0 Å². The zero-order valence-electron chi connectivity index (χ0n) is 16.3. The summed E-state index contributed by atoms with van der Waals surface area (Å²) in [5, 5.41) is -0.0593. The third kappa shape index (κ3) is 5.86. The van der Waals surface area contributed by atoms with E-state index in [-0.39, 0.29) is 17.2 Å². The Morgan fingerprint density at radius 3 is 2.44 bits per heavy atom. The number of ketones is 1. The van der Waals surface area contributed by atoms with Gasteiger partial charge in [0.05, 0.1) is 13.2 Å². The topological polar surface area (TPSA) is 78.9 Å². The minimum atomic E-state index is -2.20. The van der Waals surface area contributed by atoms with Gasteiger partial charge in [-0.2, -0.15) is 0 Å². The molecular weight excluding hydrogens is 340 g/mol. The van der Waals surface area contributed by atoms with Crippen LogP contribution in [0.2, 0.25) is 18.1 Å². The smallest absolute Gasteiger partial charge is 0.330 e. The molecular formula is C18H30O6Si. The van der Waals surface area contributed by atoms with E-state index in [0.29, 0.717) is 18.3 Å². The normalized spacial score (nSPS) is 25.6. The van der Waals surface area contributed by atoms with Gasteiger partial charge in [0.1, 0.15) is 18.5 Å². The van der Waals surface area contributed by atoms with Crippen LogP contribution in [0.3, 0.4) is 0 Å². The fraction of sp³-hybridized carbons (Fsp3) is 0.722. The molecule has 0 amide bonds. The monoisotopic (exact) mass is 370 g/mol. The average molecular weight is 371 g/mol. The Morgan fingerprint density at radius 2 is 1.96 bits per heavy atom. The van der Waals surface area contributed by atoms with E-state index in [4.69, 9.17) is 9.16 Å². The third-order valence-corrected chi connectivity index (χ3v) is 9.33. The molecule has 1 fully saturated rings. The highest BCUT2D eigenvalue weighted by Crippen LogP contribution is 2.39. The van der Waals surface area contributed by atoms with Crippen LogP contribution in [-0.2, 0) is 28.3 Å². The molecule has 142 valence electrons. The number of methoxy groups -OCH3 is 1. The lowest BCUT2D eigenvalue weighted by atomic mass is 9.95. The molecule has 0 spiro atoms. The third-order valence-electron chi connectivity index (χ3n) is 4.88. The lowest BCUT2D eigenvalue weighted by Gasteiger charge is -2.43. The van der Waals surface area contributed by atoms with Crippen LogP contribution < -0.4 is 0 Å². The van der Waals surface area contributed by atoms with Gasteiger partial charge in [0.2, 0.25) is 0 Å². The number of carbonyl (C=O) groups excluding carboxylic acids is 3. The molecule has 0 aromatic carbocycles. The first-order valence-electron chi connectivity index (χ1n) is 8.47. The molecule has 1 aliphatic rings. The van der Waals surface area contributed by atoms with Gasteiger partial charge in [-0.25, -0.2) is 4.79 Å². The first-order valence-corrected chi connectivity index (χ1v) is 11.4. The van der Waals surface area contributed by atoms with Gasteiger partial charge >= 0.3 is 5.97 Å². The van der Waals surface area contributed by atoms with Gasteiger partial charge in [0, 0.05) is 12.5 Å². The predicted octanol–water partition coefficient (Wildman–Crippen LogP) is 2.81. The van der Waals surface area contributed by atoms with E-state index < -0.39 is 32.6 Å². The highest BCUT2D eigenvalue weighted by Gasteiger charge is 2.45. The van der Waals surface area contributed by atoms with Crippen LogP contribution in [0.25, 0.3) is 0 Å². The predicted molar refractivity (Wildman–Crippen MR) is 96.8 cm³/mol. The van der Waals surface area contributed by atoms with Crippen molar-refractivity contribution in [1.29, 1.82) is 0 Å². The molecule has 1 heterocycles. The number of rotatable bonds is 6. The molecule has 25 heavy (non-hydrogen) atoms. The standard InChI is InChI=1S/C18H30O6Si/c1-12(9-16(21)22-5)8-15-17(14(20)10-13(11-19)23-15)24-25(6,7)18(2,3)4/h9,11,13,15,17H,8,10H2,1-7H3/b12-9+/t13-,15-,17+/m0/s1. The Bertz CT molecular complexity index is 546. The molecule has 0 aromatic rings. The van der Waals surface area contributed by atoms with Gasteiger partial charge in [-0.1, -0.05) is 26.3 Å². The SMILES string of the molecule is COC(=O)/C=C(\C)C[C@@H]1O[C@H](C=O)CC(=O)[C@H]1O[Si](C)(C)C(C)(C)C. The second kappa shape index (κ2) is 8.38. The van der Waals surface area contributed by atoms with Crippen LogP contribution in [0, 0.1) is 0 Å². The fourth-order valence-electron chi connectivity index (χ4n) is 2.37. The van der Waals surface area contributed by atoms with Crippen molar-refractivity contribution < 1.29 is 28.3 Å². The number of esters is 1. The zero-order chi connectivity index (χ0) is 19.4. The van der Waals surface area contributed by atoms with Crippen LogP contribution in [0.5, 0.6) is 0 Å². The van der Waals surface area contributed by atoms with Gasteiger partial charge in [-0.3, -0.25) is 4.79 Å². The van der Waals surface area contributed by atoms with Crippen molar-refractivity contribution in [3.05, 3.63) is 11.6 Å². The van der Waals surface area contributed by atoms with Crippen molar-refractivity contribution in [2.24, 2.45) is 0 Å². The van der Waals surface area contributed by atoms with Crippen molar-refractivity contribution in [1.82, 2.24) is 0 Å². The summed E-state index contributed by atoms with van der Waals surface area (Å²) in [6.45, 7) is 12.2. The Kier molecular flexibility index (Phi) is 7.28. The fourth-order valence-corrected chi connectivity index (χ4v) is 3.64. The number of hydrogen-bond donors (Lipinski definition) is 0. The van der Waals surface area contributed by atoms with E-state index in [1.165, 1.54) is 13.2 Å². The molecule has 0 N–H and O–H groups in total. The number of aldehydes is 1. The highest BCUT2D eigenvalue weighted by molar-refractivity contribution is 6.74. The number of Topliss-reactive ketones (excluding diaryl/α,β-unsaturated/α-hetero) is 1. The Labute approximate surface area is 151 Å². The summed E-state index contributed by atoms with van der Waals surface area (Å²) >= 11 is 0. The summed E-state index contributed by atoms with van der Waals surface area (Å²) in [7, 11) is -0.894. The lowest BCUT2D eigenvalue weighted by Crippen LogP contribution is -2.54. The molecule has 1 rings (SSSR count). The van der Waals surface area contributed by atoms with Crippen LogP contribution in [0.1, 0.15) is 40.5 Å². The van der Waals surface area contributed by atoms with Crippen molar-refractivity contribution in [2.75, 3.05) is 7.11 Å². The summed E-state index contributed by atoms with van der Waals surface area (Å²) in [6.07, 6.45) is 0.283. The minimum absolute atomic E-state index is 0.0268. The number of hydrogen-bond acceptors (Lipinski definition) is 6. The maximum atomic E-state index is 12.6. The van der Waals surface area contributed by atoms with E-state index in [1.807, 2.05) is 0 Å². The molecule has 0 saturated carbocycles. The van der Waals surface area contributed by atoms with Crippen LogP contribution in [0.15, 0.2) is 11.6 Å². The Morgan fingerprint density at radius 1 is 1.36 bits per heavy atom. The second-order valence-electron chi connectivity index (χ2n) is 8.04. The molecule has 0 aliphatic carbocycles. The largest absolute Gasteiger partial charge is 0.466 e. The zero-order valence-corrected chi connectivity index (χ0v) is 17.3. The Balaban J connectivity index is 3.04. The van der Waals surface area contributed by atoms with Gasteiger partial charge < -0.3 is 18.7 Å². The maximum Gasteiger partial charge on any atom is 0.330 e. The van der Waals surface area contributed by atoms with Gasteiger partial charge in [-0.05, 0) is 31.5 Å². The van der Waals surface area contributed by atoms with E-state index in [1.54, 1.807) is 6.92 Å². The van der Waals surface area contributed by atoms with Crippen molar-refractivity contribution in [3.63, 3.8) is 0 Å². The summed E-state index contributed by atoms with van der Waals surface area (Å²) in [5.74, 6) is -0.586. The first-order chi connectivity index (χ1) is 11.4. The van der Waals surface area contributed by atoms with E-state index in [2.05, 4.69) is 38.6 Å². The summed E-state index contributed by atoms with van der Waals surface area (Å²) in [5.41, 5.74) is 0.708. The average Bonchev–Trinajstić information content (AvgIpc) is 2.48. The molecule has 0 radical (unpaired) electrons. The van der Waals surface area contributed by atoms with Gasteiger partial charge in [-0.15, -0.1) is 0 Å². The molecule has 1 saturated heterocycles. The molecule has 0 unspecified atom stereocenters. The molecule has 3 atom stereocenters. The first kappa shape index (κ1) is 21.7. The summed E-state index contributed by atoms with van der Waals surface area (Å²) in [4.78, 5) is 35.1. The molecule has 7 heteroatoms. The molecule has 0 bridgehead atoms.